The molecule has 5 aromatic carbocycles. The molecule has 7 rings (SSSR count). The van der Waals surface area contributed by atoms with Gasteiger partial charge in [-0.15, -0.1) is 0 Å². The monoisotopic (exact) mass is 757 g/mol. The summed E-state index contributed by atoms with van der Waals surface area (Å²) in [5.74, 6) is -12.5. The van der Waals surface area contributed by atoms with Gasteiger partial charge in [-0.2, -0.15) is 0 Å². The minimum Gasteiger partial charge on any atom is -0.392 e. The summed E-state index contributed by atoms with van der Waals surface area (Å²) in [7, 11) is 0. The van der Waals surface area contributed by atoms with Gasteiger partial charge in [-0.25, -0.2) is 22.0 Å². The zero-order valence-electron chi connectivity index (χ0n) is 29.9. The number of carbonyl (C=O) groups excluding carboxylic acids is 1. The van der Waals surface area contributed by atoms with Gasteiger partial charge in [0.2, 0.25) is 5.82 Å². The first-order valence-electron chi connectivity index (χ1n) is 18.2. The van der Waals surface area contributed by atoms with Gasteiger partial charge in [0.1, 0.15) is 5.56 Å². The van der Waals surface area contributed by atoms with E-state index >= 15 is 0 Å². The molecule has 2 aliphatic rings. The fourth-order valence-electron chi connectivity index (χ4n) is 7.14. The van der Waals surface area contributed by atoms with E-state index in [0.717, 1.165) is 61.5 Å². The van der Waals surface area contributed by atoms with Crippen LogP contribution in [0.5, 0.6) is 0 Å². The maximum Gasteiger partial charge on any atom is 0.257 e. The Balaban J connectivity index is 1.05. The van der Waals surface area contributed by atoms with Crippen molar-refractivity contribution in [2.75, 3.05) is 32.7 Å². The van der Waals surface area contributed by atoms with Crippen LogP contribution < -0.4 is 5.32 Å². The summed E-state index contributed by atoms with van der Waals surface area (Å²) in [6.07, 6.45) is -0.395. The normalized spacial score (nSPS) is 19.3. The van der Waals surface area contributed by atoms with Crippen LogP contribution in [0, 0.1) is 29.1 Å². The minimum absolute atomic E-state index is 0.0520. The van der Waals surface area contributed by atoms with Crippen LogP contribution in [0.4, 0.5) is 22.0 Å². The summed E-state index contributed by atoms with van der Waals surface area (Å²) in [5.41, 5.74) is 4.32. The van der Waals surface area contributed by atoms with Crippen LogP contribution in [0.25, 0.3) is 11.1 Å². The molecule has 3 atom stereocenters. The lowest BCUT2D eigenvalue weighted by molar-refractivity contribution is -0.253. The highest BCUT2D eigenvalue weighted by molar-refractivity contribution is 5.95. The molecule has 0 aliphatic carbocycles. The predicted molar refractivity (Wildman–Crippen MR) is 196 cm³/mol. The Kier molecular flexibility index (Phi) is 12.0. The van der Waals surface area contributed by atoms with Gasteiger partial charge in [-0.05, 0) is 33.4 Å². The van der Waals surface area contributed by atoms with Gasteiger partial charge in [0, 0.05) is 57.8 Å². The van der Waals surface area contributed by atoms with Crippen molar-refractivity contribution in [1.82, 2.24) is 15.1 Å². The third-order valence-electron chi connectivity index (χ3n) is 10.2. The summed E-state index contributed by atoms with van der Waals surface area (Å²) < 4.78 is 82.7. The van der Waals surface area contributed by atoms with Crippen LogP contribution in [0.2, 0.25) is 0 Å². The molecule has 12 heteroatoms. The molecule has 0 saturated carbocycles. The van der Waals surface area contributed by atoms with Crippen LogP contribution in [0.1, 0.15) is 57.0 Å². The van der Waals surface area contributed by atoms with Crippen molar-refractivity contribution in [3.63, 3.8) is 0 Å². The Morgan fingerprint density at radius 3 is 1.95 bits per heavy atom. The lowest BCUT2D eigenvalue weighted by atomic mass is 9.97. The van der Waals surface area contributed by atoms with Gasteiger partial charge in [0.05, 0.1) is 18.8 Å². The molecular weight excluding hydrogens is 717 g/mol. The summed E-state index contributed by atoms with van der Waals surface area (Å²) in [6, 6.07) is 32.7. The SMILES string of the molecule is O=C(NCc1ccccc1-c1ccc([C@H]2O[C@@H](CN3CCN(Cc4ccccc4)CC3)C[C@@H](c3ccc(CO)cc3)O2)cc1)c1c(F)c(F)c(F)c(F)c1F. The zero-order valence-corrected chi connectivity index (χ0v) is 29.9. The molecule has 286 valence electrons. The molecule has 2 heterocycles. The van der Waals surface area contributed by atoms with Gasteiger partial charge >= 0.3 is 0 Å². The average Bonchev–Trinajstić information content (AvgIpc) is 3.22. The van der Waals surface area contributed by atoms with Gasteiger partial charge in [-0.3, -0.25) is 14.6 Å². The Bertz CT molecular complexity index is 2070. The van der Waals surface area contributed by atoms with Crippen LogP contribution >= 0.6 is 0 Å². The number of nitrogens with one attached hydrogen (secondary N) is 1. The fraction of sp³-hybridized carbons (Fsp3) is 0.279. The molecule has 0 aromatic heterocycles. The number of amides is 1. The maximum atomic E-state index is 14.3. The number of halogens is 5. The van der Waals surface area contributed by atoms with Gasteiger partial charge in [-0.1, -0.05) is 103 Å². The molecule has 0 unspecified atom stereocenters. The largest absolute Gasteiger partial charge is 0.392 e. The van der Waals surface area contributed by atoms with E-state index in [4.69, 9.17) is 9.47 Å². The first-order valence-corrected chi connectivity index (χ1v) is 18.2. The van der Waals surface area contributed by atoms with Crippen LogP contribution in [-0.4, -0.2) is 59.6 Å². The number of aliphatic hydroxyl groups excluding tert-OH is 1. The first kappa shape index (κ1) is 38.3. The highest BCUT2D eigenvalue weighted by Gasteiger charge is 2.34. The second-order valence-corrected chi connectivity index (χ2v) is 13.8. The highest BCUT2D eigenvalue weighted by atomic mass is 19.2. The van der Waals surface area contributed by atoms with Crippen molar-refractivity contribution < 1.29 is 41.3 Å². The van der Waals surface area contributed by atoms with Crippen molar-refractivity contribution in [2.24, 2.45) is 0 Å². The van der Waals surface area contributed by atoms with Gasteiger partial charge in [0.15, 0.2) is 29.6 Å². The zero-order chi connectivity index (χ0) is 38.5. The third kappa shape index (κ3) is 8.79. The van der Waals surface area contributed by atoms with Crippen molar-refractivity contribution in [3.05, 3.63) is 166 Å². The number of nitrogens with zero attached hydrogens (tertiary/aromatic N) is 2. The molecule has 55 heavy (non-hydrogen) atoms. The number of hydrogen-bond acceptors (Lipinski definition) is 6. The van der Waals surface area contributed by atoms with Gasteiger partial charge in [0.25, 0.3) is 5.91 Å². The third-order valence-corrected chi connectivity index (χ3v) is 10.2. The van der Waals surface area contributed by atoms with E-state index in [1.165, 1.54) is 5.56 Å². The molecule has 0 bridgehead atoms. The lowest BCUT2D eigenvalue weighted by Gasteiger charge is -2.40. The average molecular weight is 758 g/mol. The number of ether oxygens (including phenoxy) is 2. The molecule has 2 saturated heterocycles. The van der Waals surface area contributed by atoms with E-state index in [0.29, 0.717) is 17.5 Å². The molecule has 2 fully saturated rings. The summed E-state index contributed by atoms with van der Waals surface area (Å²) in [4.78, 5) is 17.5. The Hall–Kier alpha value is -4.98. The number of rotatable bonds is 11. The molecule has 0 radical (unpaired) electrons. The summed E-state index contributed by atoms with van der Waals surface area (Å²) >= 11 is 0. The first-order chi connectivity index (χ1) is 26.7. The highest BCUT2D eigenvalue weighted by Crippen LogP contribution is 2.39. The molecular formula is C43H40F5N3O4. The second-order valence-electron chi connectivity index (χ2n) is 13.8. The number of carbonyl (C=O) groups is 1. The molecule has 5 aromatic rings. The van der Waals surface area contributed by atoms with Crippen molar-refractivity contribution in [2.45, 2.75) is 44.6 Å². The fourth-order valence-corrected chi connectivity index (χ4v) is 7.14. The van der Waals surface area contributed by atoms with Crippen LogP contribution in [0.3, 0.4) is 0 Å². The molecule has 2 N–H and O–H groups in total. The van der Waals surface area contributed by atoms with E-state index < -0.39 is 46.8 Å². The standard InChI is InChI=1S/C43H40F5N3O4/c44-37-36(38(45)40(47)41(48)39(37)46)42(53)49-23-32-8-4-5-9-34(32)29-14-16-31(17-15-29)43-54-33(22-35(55-43)30-12-10-28(26-52)11-13-30)25-51-20-18-50(19-21-51)24-27-6-2-1-3-7-27/h1-17,33,35,43,52H,18-26H2,(H,49,53)/t33-,35+,43+/m1/s1. The Morgan fingerprint density at radius 1 is 0.673 bits per heavy atom. The van der Waals surface area contributed by atoms with Crippen molar-refractivity contribution >= 4 is 5.91 Å². The number of benzene rings is 5. The Morgan fingerprint density at radius 2 is 1.27 bits per heavy atom. The maximum absolute atomic E-state index is 14.3. The number of hydrogen-bond donors (Lipinski definition) is 2. The van der Waals surface area contributed by atoms with E-state index in [9.17, 15) is 31.9 Å². The van der Waals surface area contributed by atoms with E-state index in [-0.39, 0.29) is 25.4 Å². The smallest absolute Gasteiger partial charge is 0.257 e. The Labute approximate surface area is 315 Å². The quantitative estimate of drug-likeness (QED) is 0.0814. The number of piperazine rings is 1. The van der Waals surface area contributed by atoms with Gasteiger partial charge < -0.3 is 19.9 Å². The molecule has 1 amide bonds. The number of aliphatic hydroxyl groups is 1. The van der Waals surface area contributed by atoms with Crippen molar-refractivity contribution in [3.8, 4) is 11.1 Å². The molecule has 0 spiro atoms. The van der Waals surface area contributed by atoms with Crippen molar-refractivity contribution in [1.29, 1.82) is 0 Å². The minimum atomic E-state index is -2.33. The predicted octanol–water partition coefficient (Wildman–Crippen LogP) is 7.83. The second kappa shape index (κ2) is 17.2. The lowest BCUT2D eigenvalue weighted by Crippen LogP contribution is -2.49. The van der Waals surface area contributed by atoms with E-state index in [1.807, 2.05) is 54.6 Å². The summed E-state index contributed by atoms with van der Waals surface area (Å²) in [5, 5.41) is 11.9. The summed E-state index contributed by atoms with van der Waals surface area (Å²) in [6.45, 7) is 5.12. The topological polar surface area (TPSA) is 74.3 Å². The molecule has 2 aliphatic heterocycles. The van der Waals surface area contributed by atoms with Crippen LogP contribution in [-0.2, 0) is 29.2 Å². The van der Waals surface area contributed by atoms with E-state index in [2.05, 4.69) is 39.4 Å². The van der Waals surface area contributed by atoms with Crippen LogP contribution in [0.15, 0.2) is 103 Å². The molecule has 7 nitrogen and oxygen atoms in total. The van der Waals surface area contributed by atoms with E-state index in [1.54, 1.807) is 24.3 Å².